The van der Waals surface area contributed by atoms with Gasteiger partial charge in [0.15, 0.2) is 0 Å². The molecule has 1 fully saturated rings. The van der Waals surface area contributed by atoms with E-state index in [1.165, 1.54) is 6.92 Å². The smallest absolute Gasteiger partial charge is 0.305 e. The maximum Gasteiger partial charge on any atom is 0.305 e. The van der Waals surface area contributed by atoms with Gasteiger partial charge in [-0.05, 0) is 19.3 Å². The first-order valence-electron chi connectivity index (χ1n) is 10.8. The lowest BCUT2D eigenvalue weighted by Gasteiger charge is -2.26. The van der Waals surface area contributed by atoms with Crippen LogP contribution in [0.1, 0.15) is 40.0 Å². The second-order valence-electron chi connectivity index (χ2n) is 8.36. The van der Waals surface area contributed by atoms with E-state index < -0.39 is 97.1 Å². The maximum absolute atomic E-state index is 12.8. The van der Waals surface area contributed by atoms with Crippen molar-refractivity contribution in [3.05, 3.63) is 0 Å². The molecule has 0 aromatic rings. The number of carbonyl (C=O) groups excluding carboxylic acids is 5. The fourth-order valence-electron chi connectivity index (χ4n) is 3.11. The molecule has 0 aromatic heterocycles. The highest BCUT2D eigenvalue weighted by molar-refractivity contribution is 5.98. The third-order valence-corrected chi connectivity index (χ3v) is 5.11. The molecule has 0 aliphatic carbocycles. The zero-order chi connectivity index (χ0) is 26.9. The summed E-state index contributed by atoms with van der Waals surface area (Å²) in [4.78, 5) is 85.6. The van der Waals surface area contributed by atoms with Crippen molar-refractivity contribution in [2.45, 2.75) is 70.2 Å². The van der Waals surface area contributed by atoms with Gasteiger partial charge in [-0.15, -0.1) is 0 Å². The Kier molecular flexibility index (Phi) is 11.1. The summed E-state index contributed by atoms with van der Waals surface area (Å²) in [5, 5.41) is 39.0. The highest BCUT2D eigenvalue weighted by Crippen LogP contribution is 2.07. The molecule has 0 bridgehead atoms. The van der Waals surface area contributed by atoms with E-state index in [-0.39, 0.29) is 6.42 Å². The Balaban J connectivity index is 3.40. The number of hydrogen-bond donors (Lipinski definition) is 8. The van der Waals surface area contributed by atoms with E-state index in [0.717, 1.165) is 0 Å². The van der Waals surface area contributed by atoms with Crippen LogP contribution in [0.2, 0.25) is 0 Å². The third-order valence-electron chi connectivity index (χ3n) is 5.11. The molecular weight excluding hydrogens is 470 g/mol. The van der Waals surface area contributed by atoms with Gasteiger partial charge in [0.1, 0.15) is 30.2 Å². The van der Waals surface area contributed by atoms with Crippen molar-refractivity contribution in [1.29, 1.82) is 0 Å². The van der Waals surface area contributed by atoms with E-state index in [1.807, 2.05) is 0 Å². The lowest BCUT2D eigenvalue weighted by molar-refractivity contribution is -0.141. The van der Waals surface area contributed by atoms with Gasteiger partial charge in [-0.2, -0.15) is 0 Å². The number of rotatable bonds is 7. The lowest BCUT2D eigenvalue weighted by Crippen LogP contribution is -2.59. The van der Waals surface area contributed by atoms with Crippen LogP contribution in [0, 0.1) is 5.92 Å². The predicted molar refractivity (Wildman–Crippen MR) is 116 cm³/mol. The van der Waals surface area contributed by atoms with Gasteiger partial charge in [0, 0.05) is 6.42 Å². The molecule has 1 rings (SSSR count). The van der Waals surface area contributed by atoms with Crippen molar-refractivity contribution in [2.75, 3.05) is 6.61 Å². The van der Waals surface area contributed by atoms with Crippen molar-refractivity contribution in [3.63, 3.8) is 0 Å². The number of hydrogen-bond acceptors (Lipinski definition) is 8. The summed E-state index contributed by atoms with van der Waals surface area (Å²) >= 11 is 0. The van der Waals surface area contributed by atoms with E-state index >= 15 is 0 Å². The number of carboxylic acids is 2. The topological polar surface area (TPSA) is 240 Å². The van der Waals surface area contributed by atoms with E-state index in [2.05, 4.69) is 26.6 Å². The van der Waals surface area contributed by atoms with Gasteiger partial charge in [-0.3, -0.25) is 33.6 Å². The van der Waals surface area contributed by atoms with Crippen LogP contribution >= 0.6 is 0 Å². The van der Waals surface area contributed by atoms with E-state index in [9.17, 15) is 38.7 Å². The first kappa shape index (κ1) is 29.3. The van der Waals surface area contributed by atoms with Gasteiger partial charge in [-0.25, -0.2) is 0 Å². The van der Waals surface area contributed by atoms with Crippen LogP contribution in [0.3, 0.4) is 0 Å². The second-order valence-corrected chi connectivity index (χ2v) is 8.36. The summed E-state index contributed by atoms with van der Waals surface area (Å²) in [6, 6.07) is -7.19. The average molecular weight is 501 g/mol. The van der Waals surface area contributed by atoms with E-state index in [4.69, 9.17) is 10.2 Å². The van der Waals surface area contributed by atoms with Crippen molar-refractivity contribution < 1.29 is 48.9 Å². The molecular formula is C20H31N5O10. The van der Waals surface area contributed by atoms with Crippen LogP contribution in [0.15, 0.2) is 0 Å². The Labute approximate surface area is 200 Å². The SMILES string of the molecule is CC(C)[C@@H]1NC(=O)[C@H](CO)NC(=O)[C@H](CCC(=O)O)NC(=O)[C@H](C)NC(=O)[C@H](CC(=O)O)NC1=O. The molecule has 0 spiro atoms. The van der Waals surface area contributed by atoms with Crippen molar-refractivity contribution >= 4 is 41.5 Å². The zero-order valence-corrected chi connectivity index (χ0v) is 19.5. The zero-order valence-electron chi connectivity index (χ0n) is 19.5. The molecule has 8 N–H and O–H groups in total. The molecule has 15 nitrogen and oxygen atoms in total. The van der Waals surface area contributed by atoms with Gasteiger partial charge in [0.2, 0.25) is 29.5 Å². The largest absolute Gasteiger partial charge is 0.481 e. The minimum absolute atomic E-state index is 0.371. The summed E-state index contributed by atoms with van der Waals surface area (Å²) in [5.41, 5.74) is 0. The van der Waals surface area contributed by atoms with Crippen LogP contribution in [0.25, 0.3) is 0 Å². The summed E-state index contributed by atoms with van der Waals surface area (Å²) in [7, 11) is 0. The standard InChI is InChI=1S/C20H31N5O10/c1-8(2)15-20(35)23-11(6-14(29)30)18(33)21-9(3)16(31)22-10(4-5-13(27)28)17(32)24-12(7-26)19(34)25-15/h8-12,15,26H,4-7H2,1-3H3,(H,21,33)(H,22,31)(H,23,35)(H,24,32)(H,25,34)(H,27,28)(H,29,30)/t9-,10-,11-,12-,15-/m0/s1. The van der Waals surface area contributed by atoms with Crippen LogP contribution in [-0.2, 0) is 33.6 Å². The molecule has 0 saturated carbocycles. The van der Waals surface area contributed by atoms with Gasteiger partial charge in [0.25, 0.3) is 0 Å². The Morgan fingerprint density at radius 3 is 1.77 bits per heavy atom. The highest BCUT2D eigenvalue weighted by Gasteiger charge is 2.35. The molecule has 5 atom stereocenters. The summed E-state index contributed by atoms with van der Waals surface area (Å²) < 4.78 is 0. The number of aliphatic hydroxyl groups excluding tert-OH is 1. The monoisotopic (exact) mass is 501 g/mol. The van der Waals surface area contributed by atoms with Crippen LogP contribution in [0.4, 0.5) is 0 Å². The minimum Gasteiger partial charge on any atom is -0.481 e. The molecule has 0 radical (unpaired) electrons. The average Bonchev–Trinajstić information content (AvgIpc) is 2.75. The molecule has 0 unspecified atom stereocenters. The summed E-state index contributed by atoms with van der Waals surface area (Å²) in [6.07, 6.45) is -1.72. The first-order chi connectivity index (χ1) is 16.3. The van der Waals surface area contributed by atoms with Gasteiger partial charge in [0.05, 0.1) is 13.0 Å². The molecule has 15 heteroatoms. The molecule has 1 aliphatic rings. The van der Waals surface area contributed by atoms with Gasteiger partial charge in [-0.1, -0.05) is 13.8 Å². The van der Waals surface area contributed by atoms with Gasteiger partial charge >= 0.3 is 11.9 Å². The number of aliphatic carboxylic acids is 2. The molecule has 1 saturated heterocycles. The number of aliphatic hydroxyl groups is 1. The number of carbonyl (C=O) groups is 7. The fourth-order valence-corrected chi connectivity index (χ4v) is 3.11. The van der Waals surface area contributed by atoms with Crippen molar-refractivity contribution in [2.24, 2.45) is 5.92 Å². The molecule has 196 valence electrons. The second kappa shape index (κ2) is 13.2. The van der Waals surface area contributed by atoms with Gasteiger partial charge < -0.3 is 41.9 Å². The Hall–Kier alpha value is -3.75. The molecule has 1 aliphatic heterocycles. The summed E-state index contributed by atoms with van der Waals surface area (Å²) in [6.45, 7) is 3.46. The highest BCUT2D eigenvalue weighted by atomic mass is 16.4. The van der Waals surface area contributed by atoms with E-state index in [1.54, 1.807) is 13.8 Å². The number of amides is 5. The normalized spacial score (nSPS) is 26.9. The van der Waals surface area contributed by atoms with Crippen LogP contribution in [0.5, 0.6) is 0 Å². The number of carboxylic acid groups (broad SMARTS) is 2. The molecule has 35 heavy (non-hydrogen) atoms. The van der Waals surface area contributed by atoms with Crippen LogP contribution in [-0.4, -0.2) is 93.6 Å². The number of nitrogens with one attached hydrogen (secondary N) is 5. The summed E-state index contributed by atoms with van der Waals surface area (Å²) in [5.74, 6) is -8.00. The third kappa shape index (κ3) is 9.19. The molecule has 0 aromatic carbocycles. The fraction of sp³-hybridized carbons (Fsp3) is 0.650. The molecule has 5 amide bonds. The first-order valence-corrected chi connectivity index (χ1v) is 10.8. The molecule has 1 heterocycles. The Morgan fingerprint density at radius 2 is 1.26 bits per heavy atom. The lowest BCUT2D eigenvalue weighted by atomic mass is 10.0. The minimum atomic E-state index is -1.60. The van der Waals surface area contributed by atoms with Crippen LogP contribution < -0.4 is 26.6 Å². The predicted octanol–water partition coefficient (Wildman–Crippen LogP) is -3.57. The Bertz CT molecular complexity index is 861. The van der Waals surface area contributed by atoms with Crippen molar-refractivity contribution in [1.82, 2.24) is 26.6 Å². The maximum atomic E-state index is 12.8. The Morgan fingerprint density at radius 1 is 0.743 bits per heavy atom. The van der Waals surface area contributed by atoms with E-state index in [0.29, 0.717) is 0 Å². The van der Waals surface area contributed by atoms with Crippen molar-refractivity contribution in [3.8, 4) is 0 Å². The quantitative estimate of drug-likeness (QED) is 0.171.